The first-order valence-corrected chi connectivity index (χ1v) is 6.42. The number of nitrogens with zero attached hydrogens (tertiary/aromatic N) is 2. The van der Waals surface area contributed by atoms with Crippen molar-refractivity contribution >= 4 is 23.2 Å². The molecular weight excluding hydrogens is 245 g/mol. The van der Waals surface area contributed by atoms with E-state index in [4.69, 9.17) is 23.2 Å². The van der Waals surface area contributed by atoms with Crippen LogP contribution in [0.5, 0.6) is 0 Å². The predicted octanol–water partition coefficient (Wildman–Crippen LogP) is 2.74. The second-order valence-corrected chi connectivity index (χ2v) is 5.05. The van der Waals surface area contributed by atoms with Crippen LogP contribution in [0.15, 0.2) is 0 Å². The fourth-order valence-corrected chi connectivity index (χ4v) is 1.99. The summed E-state index contributed by atoms with van der Waals surface area (Å²) in [6.07, 6.45) is 1.82. The van der Waals surface area contributed by atoms with Gasteiger partial charge in [-0.1, -0.05) is 18.5 Å². The van der Waals surface area contributed by atoms with Gasteiger partial charge < -0.3 is 5.32 Å². The molecule has 3 nitrogen and oxygen atoms in total. The van der Waals surface area contributed by atoms with Crippen molar-refractivity contribution in [2.75, 3.05) is 6.54 Å². The minimum atomic E-state index is 0.209. The lowest BCUT2D eigenvalue weighted by molar-refractivity contribution is 0.603. The van der Waals surface area contributed by atoms with Crippen LogP contribution in [0.2, 0.25) is 5.02 Å². The largest absolute Gasteiger partial charge is 0.311 e. The molecule has 1 rings (SSSR count). The quantitative estimate of drug-likeness (QED) is 0.632. The van der Waals surface area contributed by atoms with E-state index < -0.39 is 0 Å². The van der Waals surface area contributed by atoms with E-state index in [-0.39, 0.29) is 5.38 Å². The maximum atomic E-state index is 6.22. The van der Waals surface area contributed by atoms with Crippen molar-refractivity contribution in [1.29, 1.82) is 0 Å². The standard InChI is InChI=1S/C11H19Cl2N3/c1-4-9-11(13)10(16(3)15-9)7-14-6-5-8(2)12/h8,14H,4-7H2,1-3H3. The maximum Gasteiger partial charge on any atom is 0.0863 e. The van der Waals surface area contributed by atoms with Crippen molar-refractivity contribution < 1.29 is 0 Å². The fourth-order valence-electron chi connectivity index (χ4n) is 1.52. The van der Waals surface area contributed by atoms with E-state index in [1.165, 1.54) is 0 Å². The molecule has 0 saturated carbocycles. The lowest BCUT2D eigenvalue weighted by Gasteiger charge is -2.06. The van der Waals surface area contributed by atoms with E-state index in [0.717, 1.165) is 42.3 Å². The summed E-state index contributed by atoms with van der Waals surface area (Å²) in [6, 6.07) is 0. The van der Waals surface area contributed by atoms with E-state index in [0.29, 0.717) is 0 Å². The van der Waals surface area contributed by atoms with Gasteiger partial charge in [0.05, 0.1) is 16.4 Å². The van der Waals surface area contributed by atoms with Gasteiger partial charge in [-0.15, -0.1) is 11.6 Å². The molecule has 1 atom stereocenters. The topological polar surface area (TPSA) is 29.9 Å². The average molecular weight is 264 g/mol. The molecule has 92 valence electrons. The van der Waals surface area contributed by atoms with Crippen LogP contribution in [-0.2, 0) is 20.0 Å². The zero-order valence-corrected chi connectivity index (χ0v) is 11.6. The molecule has 0 spiro atoms. The molecule has 0 aliphatic carbocycles. The summed E-state index contributed by atoms with van der Waals surface area (Å²) in [6.45, 7) is 5.69. The van der Waals surface area contributed by atoms with E-state index in [1.807, 2.05) is 18.7 Å². The number of hydrogen-bond acceptors (Lipinski definition) is 2. The Bertz CT molecular complexity index is 334. The zero-order chi connectivity index (χ0) is 12.1. The Morgan fingerprint density at radius 3 is 2.69 bits per heavy atom. The van der Waals surface area contributed by atoms with Crippen LogP contribution in [-0.4, -0.2) is 21.7 Å². The summed E-state index contributed by atoms with van der Waals surface area (Å²) >= 11 is 12.1. The van der Waals surface area contributed by atoms with Gasteiger partial charge in [0, 0.05) is 19.0 Å². The van der Waals surface area contributed by atoms with Crippen molar-refractivity contribution in [2.45, 2.75) is 38.6 Å². The van der Waals surface area contributed by atoms with Crippen LogP contribution in [0.1, 0.15) is 31.7 Å². The lowest BCUT2D eigenvalue weighted by atomic mass is 10.3. The van der Waals surface area contributed by atoms with Gasteiger partial charge in [0.15, 0.2) is 0 Å². The summed E-state index contributed by atoms with van der Waals surface area (Å²) < 4.78 is 1.85. The van der Waals surface area contributed by atoms with Gasteiger partial charge in [-0.3, -0.25) is 4.68 Å². The van der Waals surface area contributed by atoms with Crippen LogP contribution in [0, 0.1) is 0 Å². The summed E-state index contributed by atoms with van der Waals surface area (Å²) in [5.41, 5.74) is 2.01. The van der Waals surface area contributed by atoms with Gasteiger partial charge in [0.2, 0.25) is 0 Å². The van der Waals surface area contributed by atoms with Crippen LogP contribution >= 0.6 is 23.2 Å². The molecule has 16 heavy (non-hydrogen) atoms. The normalized spacial score (nSPS) is 13.1. The van der Waals surface area contributed by atoms with Gasteiger partial charge in [-0.2, -0.15) is 5.10 Å². The molecular formula is C11H19Cl2N3. The van der Waals surface area contributed by atoms with Crippen molar-refractivity contribution in [3.63, 3.8) is 0 Å². The monoisotopic (exact) mass is 263 g/mol. The molecule has 0 fully saturated rings. The second kappa shape index (κ2) is 6.48. The van der Waals surface area contributed by atoms with Crippen LogP contribution in [0.3, 0.4) is 0 Å². The molecule has 0 bridgehead atoms. The number of nitrogens with one attached hydrogen (secondary N) is 1. The molecule has 1 N–H and O–H groups in total. The van der Waals surface area contributed by atoms with E-state index in [1.54, 1.807) is 0 Å². The minimum absolute atomic E-state index is 0.209. The first kappa shape index (κ1) is 13.8. The molecule has 1 aromatic heterocycles. The number of alkyl halides is 1. The Balaban J connectivity index is 2.50. The highest BCUT2D eigenvalue weighted by Crippen LogP contribution is 2.20. The molecule has 0 aliphatic rings. The molecule has 0 radical (unpaired) electrons. The molecule has 0 aliphatic heterocycles. The number of rotatable bonds is 6. The van der Waals surface area contributed by atoms with Crippen LogP contribution in [0.25, 0.3) is 0 Å². The Kier molecular flexibility index (Phi) is 5.59. The molecule has 0 saturated heterocycles. The fraction of sp³-hybridized carbons (Fsp3) is 0.727. The molecule has 0 amide bonds. The Morgan fingerprint density at radius 2 is 2.19 bits per heavy atom. The lowest BCUT2D eigenvalue weighted by Crippen LogP contribution is -2.19. The zero-order valence-electron chi connectivity index (χ0n) is 10.1. The number of aryl methyl sites for hydroxylation is 2. The molecule has 5 heteroatoms. The average Bonchev–Trinajstić information content (AvgIpc) is 2.50. The third-order valence-electron chi connectivity index (χ3n) is 2.51. The van der Waals surface area contributed by atoms with Gasteiger partial charge in [-0.25, -0.2) is 0 Å². The molecule has 1 heterocycles. The van der Waals surface area contributed by atoms with Crippen molar-refractivity contribution in [3.8, 4) is 0 Å². The summed E-state index contributed by atoms with van der Waals surface area (Å²) in [5.74, 6) is 0. The summed E-state index contributed by atoms with van der Waals surface area (Å²) in [5, 5.41) is 8.68. The smallest absolute Gasteiger partial charge is 0.0863 e. The molecule has 1 aromatic rings. The Morgan fingerprint density at radius 1 is 1.50 bits per heavy atom. The van der Waals surface area contributed by atoms with Gasteiger partial charge in [0.25, 0.3) is 0 Å². The van der Waals surface area contributed by atoms with Crippen molar-refractivity contribution in [2.24, 2.45) is 7.05 Å². The van der Waals surface area contributed by atoms with Gasteiger partial charge in [0.1, 0.15) is 0 Å². The van der Waals surface area contributed by atoms with Gasteiger partial charge >= 0.3 is 0 Å². The first-order valence-electron chi connectivity index (χ1n) is 5.61. The van der Waals surface area contributed by atoms with Crippen LogP contribution in [0.4, 0.5) is 0 Å². The maximum absolute atomic E-state index is 6.22. The van der Waals surface area contributed by atoms with E-state index in [2.05, 4.69) is 17.3 Å². The van der Waals surface area contributed by atoms with Gasteiger partial charge in [-0.05, 0) is 26.3 Å². The highest BCUT2D eigenvalue weighted by Gasteiger charge is 2.11. The SMILES string of the molecule is CCc1nn(C)c(CNCCC(C)Cl)c1Cl. The van der Waals surface area contributed by atoms with E-state index in [9.17, 15) is 0 Å². The highest BCUT2D eigenvalue weighted by atomic mass is 35.5. The highest BCUT2D eigenvalue weighted by molar-refractivity contribution is 6.31. The third kappa shape index (κ3) is 3.65. The Hall–Kier alpha value is -0.250. The van der Waals surface area contributed by atoms with Crippen LogP contribution < -0.4 is 5.32 Å². The van der Waals surface area contributed by atoms with Crippen molar-refractivity contribution in [1.82, 2.24) is 15.1 Å². The Labute approximate surface area is 107 Å². The summed E-state index contributed by atoms with van der Waals surface area (Å²) in [7, 11) is 1.92. The number of hydrogen-bond donors (Lipinski definition) is 1. The first-order chi connectivity index (χ1) is 7.56. The van der Waals surface area contributed by atoms with E-state index >= 15 is 0 Å². The third-order valence-corrected chi connectivity index (χ3v) is 3.17. The predicted molar refractivity (Wildman–Crippen MR) is 69.2 cm³/mol. The summed E-state index contributed by atoms with van der Waals surface area (Å²) in [4.78, 5) is 0. The second-order valence-electron chi connectivity index (χ2n) is 3.93. The molecule has 1 unspecified atom stereocenters. The molecule has 0 aromatic carbocycles. The minimum Gasteiger partial charge on any atom is -0.311 e. The number of aromatic nitrogens is 2. The van der Waals surface area contributed by atoms with Crippen molar-refractivity contribution in [3.05, 3.63) is 16.4 Å². The number of halogens is 2.